The van der Waals surface area contributed by atoms with E-state index in [9.17, 15) is 14.0 Å². The van der Waals surface area contributed by atoms with Crippen LogP contribution in [0.4, 0.5) is 4.39 Å². The van der Waals surface area contributed by atoms with E-state index >= 15 is 0 Å². The lowest BCUT2D eigenvalue weighted by atomic mass is 9.80. The second-order valence-electron chi connectivity index (χ2n) is 11.7. The molecule has 0 amide bonds. The SMILES string of the molecule is CCCC1(CCC)O[C@H]2[C@H](O1)[C@@H](COC(c1ccccc1)(c1ccccc1)c1ccc(OC)cc1)O[C@H]2n1cc(F)c(=O)[nH]c1=O. The average Bonchev–Trinajstić information content (AvgIpc) is 3.60. The van der Waals surface area contributed by atoms with Crippen LogP contribution in [0.5, 0.6) is 5.75 Å². The van der Waals surface area contributed by atoms with Crippen LogP contribution in [0.25, 0.3) is 0 Å². The average molecular weight is 631 g/mol. The van der Waals surface area contributed by atoms with Gasteiger partial charge in [-0.05, 0) is 28.8 Å². The third kappa shape index (κ3) is 5.82. The van der Waals surface area contributed by atoms with Gasteiger partial charge in [0.05, 0.1) is 19.9 Å². The number of methoxy groups -OCH3 is 1. The van der Waals surface area contributed by atoms with Crippen molar-refractivity contribution in [3.63, 3.8) is 0 Å². The Bertz CT molecular complexity index is 1680. The van der Waals surface area contributed by atoms with Gasteiger partial charge >= 0.3 is 5.69 Å². The van der Waals surface area contributed by atoms with Gasteiger partial charge in [-0.1, -0.05) is 99.5 Å². The molecule has 0 bridgehead atoms. The number of H-pyrrole nitrogens is 1. The molecule has 2 aliphatic heterocycles. The zero-order valence-corrected chi connectivity index (χ0v) is 26.2. The molecule has 0 spiro atoms. The molecular formula is C36H39FN2O7. The highest BCUT2D eigenvalue weighted by molar-refractivity contribution is 5.48. The van der Waals surface area contributed by atoms with Crippen LogP contribution in [0.3, 0.4) is 0 Å². The predicted molar refractivity (Wildman–Crippen MR) is 169 cm³/mol. The largest absolute Gasteiger partial charge is 0.497 e. The molecule has 1 N–H and O–H groups in total. The lowest BCUT2D eigenvalue weighted by Crippen LogP contribution is -2.40. The van der Waals surface area contributed by atoms with Gasteiger partial charge in [-0.15, -0.1) is 0 Å². The Labute approximate surface area is 266 Å². The van der Waals surface area contributed by atoms with E-state index in [0.29, 0.717) is 18.6 Å². The molecule has 0 unspecified atom stereocenters. The van der Waals surface area contributed by atoms with Crippen molar-refractivity contribution in [3.05, 3.63) is 134 Å². The molecule has 0 radical (unpaired) electrons. The number of nitrogens with zero attached hydrogens (tertiary/aromatic N) is 1. The number of fused-ring (bicyclic) bond motifs is 1. The van der Waals surface area contributed by atoms with Gasteiger partial charge in [0.2, 0.25) is 5.82 Å². The summed E-state index contributed by atoms with van der Waals surface area (Å²) in [7, 11) is 1.62. The molecule has 0 aliphatic carbocycles. The summed E-state index contributed by atoms with van der Waals surface area (Å²) in [5, 5.41) is 0. The Hall–Kier alpha value is -4.09. The number of hydrogen-bond donors (Lipinski definition) is 1. The molecule has 4 aromatic rings. The fourth-order valence-corrected chi connectivity index (χ4v) is 6.76. The molecule has 46 heavy (non-hydrogen) atoms. The van der Waals surface area contributed by atoms with Crippen LogP contribution >= 0.6 is 0 Å². The van der Waals surface area contributed by atoms with E-state index in [1.54, 1.807) is 7.11 Å². The quantitative estimate of drug-likeness (QED) is 0.201. The van der Waals surface area contributed by atoms with Crippen LogP contribution in [0.2, 0.25) is 0 Å². The topological polar surface area (TPSA) is 101 Å². The van der Waals surface area contributed by atoms with E-state index in [2.05, 4.69) is 13.8 Å². The minimum absolute atomic E-state index is 0.0335. The smallest absolute Gasteiger partial charge is 0.330 e. The number of aromatic amines is 1. The molecule has 242 valence electrons. The third-order valence-electron chi connectivity index (χ3n) is 8.77. The number of ether oxygens (including phenoxy) is 5. The Kier molecular flexibility index (Phi) is 9.24. The molecule has 0 saturated carbocycles. The van der Waals surface area contributed by atoms with E-state index in [1.807, 2.05) is 89.9 Å². The molecule has 2 aliphatic rings. The van der Waals surface area contributed by atoms with Gasteiger partial charge in [0.1, 0.15) is 29.7 Å². The summed E-state index contributed by atoms with van der Waals surface area (Å²) in [6, 6.07) is 27.6. The number of aromatic nitrogens is 2. The summed E-state index contributed by atoms with van der Waals surface area (Å²) in [5.74, 6) is -1.28. The molecular weight excluding hydrogens is 591 g/mol. The van der Waals surface area contributed by atoms with E-state index in [1.165, 1.54) is 0 Å². The van der Waals surface area contributed by atoms with Gasteiger partial charge < -0.3 is 23.7 Å². The van der Waals surface area contributed by atoms with Crippen molar-refractivity contribution in [3.8, 4) is 5.75 Å². The monoisotopic (exact) mass is 630 g/mol. The first-order chi connectivity index (χ1) is 22.3. The minimum Gasteiger partial charge on any atom is -0.497 e. The number of benzene rings is 3. The molecule has 1 aromatic heterocycles. The first-order valence-corrected chi connectivity index (χ1v) is 15.8. The second kappa shape index (κ2) is 13.3. The van der Waals surface area contributed by atoms with Crippen LogP contribution in [-0.4, -0.2) is 47.4 Å². The van der Waals surface area contributed by atoms with Crippen molar-refractivity contribution in [1.29, 1.82) is 0 Å². The van der Waals surface area contributed by atoms with Crippen LogP contribution < -0.4 is 16.0 Å². The molecule has 3 heterocycles. The lowest BCUT2D eigenvalue weighted by Gasteiger charge is -2.37. The molecule has 2 fully saturated rings. The number of nitrogens with one attached hydrogen (secondary N) is 1. The van der Waals surface area contributed by atoms with Crippen molar-refractivity contribution in [2.24, 2.45) is 0 Å². The van der Waals surface area contributed by atoms with Crippen LogP contribution in [0.1, 0.15) is 62.4 Å². The summed E-state index contributed by atoms with van der Waals surface area (Å²) >= 11 is 0. The highest BCUT2D eigenvalue weighted by Gasteiger charge is 2.59. The minimum atomic E-state index is -1.10. The molecule has 9 nitrogen and oxygen atoms in total. The number of halogens is 1. The molecule has 6 rings (SSSR count). The maximum atomic E-state index is 14.5. The predicted octanol–water partition coefficient (Wildman–Crippen LogP) is 5.67. The number of rotatable bonds is 12. The van der Waals surface area contributed by atoms with E-state index in [-0.39, 0.29) is 6.61 Å². The Morgan fingerprint density at radius 3 is 1.98 bits per heavy atom. The fraction of sp³-hybridized carbons (Fsp3) is 0.389. The zero-order chi connectivity index (χ0) is 32.3. The Balaban J connectivity index is 1.43. The van der Waals surface area contributed by atoms with Gasteiger partial charge in [0, 0.05) is 12.8 Å². The van der Waals surface area contributed by atoms with Gasteiger partial charge in [-0.25, -0.2) is 4.79 Å². The Morgan fingerprint density at radius 2 is 1.41 bits per heavy atom. The highest BCUT2D eigenvalue weighted by atomic mass is 19.1. The summed E-state index contributed by atoms with van der Waals surface area (Å²) in [4.78, 5) is 26.8. The Morgan fingerprint density at radius 1 is 0.848 bits per heavy atom. The van der Waals surface area contributed by atoms with Crippen molar-refractivity contribution < 1.29 is 28.1 Å². The maximum absolute atomic E-state index is 14.5. The summed E-state index contributed by atoms with van der Waals surface area (Å²) in [5.41, 5.74) is -0.315. The third-order valence-corrected chi connectivity index (χ3v) is 8.77. The molecule has 4 atom stereocenters. The van der Waals surface area contributed by atoms with Crippen molar-refractivity contribution in [2.45, 2.75) is 75.5 Å². The fourth-order valence-electron chi connectivity index (χ4n) is 6.76. The van der Waals surface area contributed by atoms with E-state index in [4.69, 9.17) is 23.7 Å². The van der Waals surface area contributed by atoms with E-state index in [0.717, 1.165) is 40.3 Å². The second-order valence-corrected chi connectivity index (χ2v) is 11.7. The van der Waals surface area contributed by atoms with Crippen LogP contribution in [0, 0.1) is 5.82 Å². The van der Waals surface area contributed by atoms with Gasteiger partial charge in [0.25, 0.3) is 5.56 Å². The standard InChI is InChI=1S/C36H39FN2O7/c1-4-20-35(21-5-2)45-30-29(44-33(31(30)46-35)39-22-28(37)32(40)38-34(39)41)23-43-36(24-12-8-6-9-13-24,25-14-10-7-11-15-25)26-16-18-27(42-3)19-17-26/h6-19,22,29-31,33H,4-5,20-21,23H2,1-3H3,(H,38,40,41)/t29-,30-,31+,33-/m1/s1. The summed E-state index contributed by atoms with van der Waals surface area (Å²) in [6.07, 6.45) is 0.590. The van der Waals surface area contributed by atoms with Crippen LogP contribution in [-0.2, 0) is 24.5 Å². The van der Waals surface area contributed by atoms with Crippen LogP contribution in [0.15, 0.2) is 101 Å². The normalized spacial score (nSPS) is 22.1. The first-order valence-electron chi connectivity index (χ1n) is 15.8. The summed E-state index contributed by atoms with van der Waals surface area (Å²) < 4.78 is 47.8. The van der Waals surface area contributed by atoms with Gasteiger partial charge in [0.15, 0.2) is 12.0 Å². The number of hydrogen-bond acceptors (Lipinski definition) is 7. The summed E-state index contributed by atoms with van der Waals surface area (Å²) in [6.45, 7) is 4.14. The van der Waals surface area contributed by atoms with Crippen molar-refractivity contribution in [2.75, 3.05) is 13.7 Å². The zero-order valence-electron chi connectivity index (χ0n) is 26.2. The maximum Gasteiger partial charge on any atom is 0.330 e. The molecule has 10 heteroatoms. The highest BCUT2D eigenvalue weighted by Crippen LogP contribution is 2.48. The van der Waals surface area contributed by atoms with Gasteiger partial charge in [-0.3, -0.25) is 14.3 Å². The van der Waals surface area contributed by atoms with Gasteiger partial charge in [-0.2, -0.15) is 4.39 Å². The van der Waals surface area contributed by atoms with Crippen molar-refractivity contribution >= 4 is 0 Å². The van der Waals surface area contributed by atoms with Crippen molar-refractivity contribution in [1.82, 2.24) is 9.55 Å². The first kappa shape index (κ1) is 31.9. The lowest BCUT2D eigenvalue weighted by molar-refractivity contribution is -0.230. The molecule has 2 saturated heterocycles. The van der Waals surface area contributed by atoms with E-state index < -0.39 is 53.0 Å². The molecule has 3 aromatic carbocycles.